The van der Waals surface area contributed by atoms with E-state index in [4.69, 9.17) is 9.47 Å². The largest absolute Gasteiger partial charge is 0.496 e. The van der Waals surface area contributed by atoms with E-state index in [1.807, 2.05) is 0 Å². The Bertz CT molecular complexity index is 364. The van der Waals surface area contributed by atoms with Crippen molar-refractivity contribution in [3.63, 3.8) is 0 Å². The fourth-order valence-corrected chi connectivity index (χ4v) is 2.00. The highest BCUT2D eigenvalue weighted by Gasteiger charge is 2.08. The molecule has 0 radical (unpaired) electrons. The van der Waals surface area contributed by atoms with E-state index >= 15 is 0 Å². The number of hydrogen-bond donors (Lipinski definition) is 0. The van der Waals surface area contributed by atoms with Gasteiger partial charge in [0, 0.05) is 13.7 Å². The van der Waals surface area contributed by atoms with Crippen LogP contribution in [-0.2, 0) is 11.2 Å². The summed E-state index contributed by atoms with van der Waals surface area (Å²) < 4.78 is 10.5. The Morgan fingerprint density at radius 1 is 1.22 bits per heavy atom. The summed E-state index contributed by atoms with van der Waals surface area (Å²) in [5.74, 6) is 1.47. The third kappa shape index (κ3) is 4.31. The Morgan fingerprint density at radius 2 is 1.94 bits per heavy atom. The molecular weight excluding hydrogens is 226 g/mol. The number of methoxy groups -OCH3 is 2. The minimum Gasteiger partial charge on any atom is -0.496 e. The quantitative estimate of drug-likeness (QED) is 0.696. The van der Waals surface area contributed by atoms with Crippen LogP contribution in [0.5, 0.6) is 5.75 Å². The van der Waals surface area contributed by atoms with Crippen LogP contribution in [0.4, 0.5) is 0 Å². The minimum atomic E-state index is 0.483. The van der Waals surface area contributed by atoms with Gasteiger partial charge in [-0.25, -0.2) is 0 Å². The molecule has 0 saturated heterocycles. The summed E-state index contributed by atoms with van der Waals surface area (Å²) in [4.78, 5) is 2.17. The third-order valence-electron chi connectivity index (χ3n) is 3.05. The van der Waals surface area contributed by atoms with E-state index in [1.165, 1.54) is 11.1 Å². The van der Waals surface area contributed by atoms with Crippen molar-refractivity contribution in [3.05, 3.63) is 29.3 Å². The zero-order chi connectivity index (χ0) is 13.5. The minimum absolute atomic E-state index is 0.483. The Labute approximate surface area is 111 Å². The Hall–Kier alpha value is -1.06. The molecule has 0 aromatic heterocycles. The lowest BCUT2D eigenvalue weighted by molar-refractivity contribution is 0.0827. The Balaban J connectivity index is 2.70. The van der Waals surface area contributed by atoms with E-state index in [1.54, 1.807) is 14.2 Å². The van der Waals surface area contributed by atoms with E-state index in [-0.39, 0.29) is 0 Å². The molecule has 0 amide bonds. The van der Waals surface area contributed by atoms with Crippen LogP contribution in [-0.4, -0.2) is 39.4 Å². The lowest BCUT2D eigenvalue weighted by atomic mass is 9.98. The molecule has 0 bridgehead atoms. The number of rotatable bonds is 7. The van der Waals surface area contributed by atoms with Crippen LogP contribution >= 0.6 is 0 Å². The van der Waals surface area contributed by atoms with E-state index in [0.717, 1.165) is 18.7 Å². The average Bonchev–Trinajstić information content (AvgIpc) is 2.36. The Morgan fingerprint density at radius 3 is 2.50 bits per heavy atom. The van der Waals surface area contributed by atoms with E-state index in [0.29, 0.717) is 12.6 Å². The second-order valence-electron chi connectivity index (χ2n) is 4.98. The first kappa shape index (κ1) is 15.0. The normalized spacial score (nSPS) is 11.3. The standard InChI is InChI=1S/C15H25NO2/c1-12(2)14-10-13(6-7-15(14)18-5)8-9-16(3)11-17-4/h6-7,10,12H,8-9,11H2,1-5H3. The van der Waals surface area contributed by atoms with Crippen molar-refractivity contribution in [3.8, 4) is 5.75 Å². The number of likely N-dealkylation sites (N-methyl/N-ethyl adjacent to an activating group) is 1. The molecular formula is C15H25NO2. The fraction of sp³-hybridized carbons (Fsp3) is 0.600. The number of ether oxygens (including phenoxy) is 2. The zero-order valence-corrected chi connectivity index (χ0v) is 12.2. The van der Waals surface area contributed by atoms with Crippen LogP contribution in [0.2, 0.25) is 0 Å². The first-order chi connectivity index (χ1) is 8.58. The lowest BCUT2D eigenvalue weighted by Crippen LogP contribution is -2.23. The van der Waals surface area contributed by atoms with Crippen LogP contribution < -0.4 is 4.74 Å². The second kappa shape index (κ2) is 7.39. The fourth-order valence-electron chi connectivity index (χ4n) is 2.00. The highest BCUT2D eigenvalue weighted by Crippen LogP contribution is 2.27. The summed E-state index contributed by atoms with van der Waals surface area (Å²) in [6.45, 7) is 6.06. The summed E-state index contributed by atoms with van der Waals surface area (Å²) in [7, 11) is 5.52. The van der Waals surface area contributed by atoms with Crippen LogP contribution in [0.25, 0.3) is 0 Å². The first-order valence-electron chi connectivity index (χ1n) is 6.42. The van der Waals surface area contributed by atoms with Gasteiger partial charge in [0.2, 0.25) is 0 Å². The topological polar surface area (TPSA) is 21.7 Å². The molecule has 0 aliphatic heterocycles. The molecule has 0 aliphatic rings. The van der Waals surface area contributed by atoms with Crippen molar-refractivity contribution < 1.29 is 9.47 Å². The summed E-state index contributed by atoms with van der Waals surface area (Å²) in [6.07, 6.45) is 1.03. The average molecular weight is 251 g/mol. The monoisotopic (exact) mass is 251 g/mol. The van der Waals surface area contributed by atoms with Crippen LogP contribution in [0.3, 0.4) is 0 Å². The molecule has 102 valence electrons. The van der Waals surface area contributed by atoms with Crippen molar-refractivity contribution in [2.75, 3.05) is 34.5 Å². The predicted molar refractivity (Wildman–Crippen MR) is 75.3 cm³/mol. The molecule has 0 aliphatic carbocycles. The predicted octanol–water partition coefficient (Wildman–Crippen LogP) is 2.90. The van der Waals surface area contributed by atoms with Gasteiger partial charge in [0.1, 0.15) is 5.75 Å². The lowest BCUT2D eigenvalue weighted by Gasteiger charge is -2.17. The third-order valence-corrected chi connectivity index (χ3v) is 3.05. The molecule has 3 nitrogen and oxygen atoms in total. The molecule has 0 saturated carbocycles. The van der Waals surface area contributed by atoms with Gasteiger partial charge in [-0.3, -0.25) is 4.90 Å². The van der Waals surface area contributed by atoms with Crippen LogP contribution in [0.1, 0.15) is 30.9 Å². The molecule has 1 aromatic rings. The van der Waals surface area contributed by atoms with E-state index in [2.05, 4.69) is 44.0 Å². The number of benzene rings is 1. The molecule has 18 heavy (non-hydrogen) atoms. The molecule has 0 spiro atoms. The van der Waals surface area contributed by atoms with E-state index < -0.39 is 0 Å². The summed E-state index contributed by atoms with van der Waals surface area (Å²) in [6, 6.07) is 6.47. The second-order valence-corrected chi connectivity index (χ2v) is 4.98. The summed E-state index contributed by atoms with van der Waals surface area (Å²) in [5.41, 5.74) is 2.63. The molecule has 0 unspecified atom stereocenters. The molecule has 0 heterocycles. The van der Waals surface area contributed by atoms with Crippen molar-refractivity contribution in [2.45, 2.75) is 26.2 Å². The van der Waals surface area contributed by atoms with Gasteiger partial charge < -0.3 is 9.47 Å². The molecule has 0 atom stereocenters. The van der Waals surface area contributed by atoms with Gasteiger partial charge in [-0.05, 0) is 36.6 Å². The molecule has 3 heteroatoms. The van der Waals surface area contributed by atoms with Crippen LogP contribution in [0.15, 0.2) is 18.2 Å². The SMILES string of the molecule is COCN(C)CCc1ccc(OC)c(C(C)C)c1. The molecule has 0 fully saturated rings. The van der Waals surface area contributed by atoms with Gasteiger partial charge in [-0.15, -0.1) is 0 Å². The smallest absolute Gasteiger partial charge is 0.122 e. The molecule has 1 aromatic carbocycles. The highest BCUT2D eigenvalue weighted by molar-refractivity contribution is 5.39. The van der Waals surface area contributed by atoms with Gasteiger partial charge in [0.25, 0.3) is 0 Å². The summed E-state index contributed by atoms with van der Waals surface area (Å²) in [5, 5.41) is 0. The highest BCUT2D eigenvalue weighted by atomic mass is 16.5. The van der Waals surface area contributed by atoms with Crippen molar-refractivity contribution in [1.82, 2.24) is 4.90 Å². The molecule has 0 N–H and O–H groups in total. The van der Waals surface area contributed by atoms with Crippen molar-refractivity contribution in [2.24, 2.45) is 0 Å². The van der Waals surface area contributed by atoms with Crippen molar-refractivity contribution in [1.29, 1.82) is 0 Å². The Kier molecular flexibility index (Phi) is 6.16. The maximum atomic E-state index is 5.40. The van der Waals surface area contributed by atoms with Gasteiger partial charge >= 0.3 is 0 Å². The zero-order valence-electron chi connectivity index (χ0n) is 12.2. The van der Waals surface area contributed by atoms with Crippen LogP contribution in [0, 0.1) is 0 Å². The number of nitrogens with zero attached hydrogens (tertiary/aromatic N) is 1. The maximum Gasteiger partial charge on any atom is 0.122 e. The summed E-state index contributed by atoms with van der Waals surface area (Å²) >= 11 is 0. The first-order valence-corrected chi connectivity index (χ1v) is 6.42. The van der Waals surface area contributed by atoms with Gasteiger partial charge in [-0.2, -0.15) is 0 Å². The van der Waals surface area contributed by atoms with E-state index in [9.17, 15) is 0 Å². The molecule has 1 rings (SSSR count). The number of hydrogen-bond acceptors (Lipinski definition) is 3. The maximum absolute atomic E-state index is 5.40. The van der Waals surface area contributed by atoms with Gasteiger partial charge in [0.05, 0.1) is 13.8 Å². The van der Waals surface area contributed by atoms with Gasteiger partial charge in [-0.1, -0.05) is 26.0 Å². The van der Waals surface area contributed by atoms with Crippen molar-refractivity contribution >= 4 is 0 Å². The van der Waals surface area contributed by atoms with Gasteiger partial charge in [0.15, 0.2) is 0 Å².